The van der Waals surface area contributed by atoms with E-state index in [-0.39, 0.29) is 24.8 Å². The zero-order valence-electron chi connectivity index (χ0n) is 13.2. The van der Waals surface area contributed by atoms with E-state index < -0.39 is 5.97 Å². The van der Waals surface area contributed by atoms with E-state index in [2.05, 4.69) is 10.3 Å². The first-order valence-corrected chi connectivity index (χ1v) is 8.33. The van der Waals surface area contributed by atoms with Gasteiger partial charge >= 0.3 is 5.97 Å². The van der Waals surface area contributed by atoms with Crippen LogP contribution in [-0.2, 0) is 4.79 Å². The smallest absolute Gasteiger partial charge is 0.355 e. The van der Waals surface area contributed by atoms with Crippen LogP contribution in [0.15, 0.2) is 29.6 Å². The third kappa shape index (κ3) is 4.85. The number of carbonyl (C=O) groups excluding carboxylic acids is 1. The van der Waals surface area contributed by atoms with Crippen LogP contribution in [0.25, 0.3) is 10.6 Å². The van der Waals surface area contributed by atoms with Crippen LogP contribution in [0.5, 0.6) is 0 Å². The standard InChI is InChI=1S/C16H19N3O4S/c1-2-19(6-7-20)9-14(21)17-12-5-3-4-11(8-12)15-18-13(10-24-15)16(22)23/h3-5,8,10,20H,2,6-7,9H2,1H3,(H,17,21)(H,22,23). The number of carboxylic acid groups (broad SMARTS) is 1. The van der Waals surface area contributed by atoms with Crippen molar-refractivity contribution in [2.75, 3.05) is 31.6 Å². The third-order valence-corrected chi connectivity index (χ3v) is 4.24. The van der Waals surface area contributed by atoms with Crippen molar-refractivity contribution in [3.05, 3.63) is 35.3 Å². The van der Waals surface area contributed by atoms with Crippen molar-refractivity contribution < 1.29 is 19.8 Å². The van der Waals surface area contributed by atoms with Crippen LogP contribution >= 0.6 is 11.3 Å². The van der Waals surface area contributed by atoms with Gasteiger partial charge in [0.2, 0.25) is 5.91 Å². The van der Waals surface area contributed by atoms with Crippen molar-refractivity contribution in [3.8, 4) is 10.6 Å². The summed E-state index contributed by atoms with van der Waals surface area (Å²) in [6.45, 7) is 3.24. The van der Waals surface area contributed by atoms with Crippen molar-refractivity contribution in [1.82, 2.24) is 9.88 Å². The van der Waals surface area contributed by atoms with E-state index in [1.165, 1.54) is 16.7 Å². The van der Waals surface area contributed by atoms with Crippen LogP contribution < -0.4 is 5.32 Å². The summed E-state index contributed by atoms with van der Waals surface area (Å²) < 4.78 is 0. The number of nitrogens with zero attached hydrogens (tertiary/aromatic N) is 2. The molecule has 0 bridgehead atoms. The Hall–Kier alpha value is -2.29. The fourth-order valence-corrected chi connectivity index (χ4v) is 2.92. The van der Waals surface area contributed by atoms with Gasteiger partial charge in [-0.1, -0.05) is 19.1 Å². The fraction of sp³-hybridized carbons (Fsp3) is 0.312. The molecule has 2 rings (SSSR count). The first-order valence-electron chi connectivity index (χ1n) is 7.45. The summed E-state index contributed by atoms with van der Waals surface area (Å²) >= 11 is 1.24. The Labute approximate surface area is 143 Å². The maximum absolute atomic E-state index is 12.1. The van der Waals surface area contributed by atoms with Crippen molar-refractivity contribution in [2.45, 2.75) is 6.92 Å². The topological polar surface area (TPSA) is 103 Å². The molecule has 0 aliphatic rings. The highest BCUT2D eigenvalue weighted by molar-refractivity contribution is 7.13. The molecule has 1 amide bonds. The minimum atomic E-state index is -1.06. The molecule has 1 aromatic carbocycles. The molecule has 0 saturated carbocycles. The van der Waals surface area contributed by atoms with Gasteiger partial charge < -0.3 is 15.5 Å². The van der Waals surface area contributed by atoms with Gasteiger partial charge in [0.1, 0.15) is 5.01 Å². The number of hydrogen-bond acceptors (Lipinski definition) is 6. The highest BCUT2D eigenvalue weighted by Gasteiger charge is 2.12. The number of nitrogens with one attached hydrogen (secondary N) is 1. The highest BCUT2D eigenvalue weighted by atomic mass is 32.1. The van der Waals surface area contributed by atoms with Gasteiger partial charge in [0.25, 0.3) is 0 Å². The number of hydrogen-bond donors (Lipinski definition) is 3. The van der Waals surface area contributed by atoms with Gasteiger partial charge in [0, 0.05) is 23.2 Å². The normalized spacial score (nSPS) is 10.8. The highest BCUT2D eigenvalue weighted by Crippen LogP contribution is 2.26. The fourth-order valence-electron chi connectivity index (χ4n) is 2.13. The number of aromatic carboxylic acids is 1. The van der Waals surface area contributed by atoms with E-state index in [0.717, 1.165) is 5.56 Å². The zero-order valence-corrected chi connectivity index (χ0v) is 14.0. The zero-order chi connectivity index (χ0) is 17.5. The Morgan fingerprint density at radius 1 is 1.38 bits per heavy atom. The van der Waals surface area contributed by atoms with Crippen molar-refractivity contribution in [2.24, 2.45) is 0 Å². The second kappa shape index (κ2) is 8.53. The molecule has 128 valence electrons. The molecule has 0 aliphatic carbocycles. The van der Waals surface area contributed by atoms with Gasteiger partial charge in [-0.3, -0.25) is 9.69 Å². The van der Waals surface area contributed by atoms with Gasteiger partial charge in [-0.25, -0.2) is 9.78 Å². The Balaban J connectivity index is 2.06. The molecule has 2 aromatic rings. The predicted octanol–water partition coefficient (Wildman–Crippen LogP) is 1.76. The van der Waals surface area contributed by atoms with E-state index in [0.29, 0.717) is 23.8 Å². The summed E-state index contributed by atoms with van der Waals surface area (Å²) in [7, 11) is 0. The number of likely N-dealkylation sites (N-methyl/N-ethyl adjacent to an activating group) is 1. The van der Waals surface area contributed by atoms with E-state index in [4.69, 9.17) is 10.2 Å². The maximum atomic E-state index is 12.1. The molecule has 24 heavy (non-hydrogen) atoms. The van der Waals surface area contributed by atoms with E-state index in [9.17, 15) is 9.59 Å². The molecule has 3 N–H and O–H groups in total. The third-order valence-electron chi connectivity index (χ3n) is 3.35. The van der Waals surface area contributed by atoms with Crippen LogP contribution in [0.3, 0.4) is 0 Å². The molecule has 1 aromatic heterocycles. The van der Waals surface area contributed by atoms with Gasteiger partial charge in [-0.15, -0.1) is 11.3 Å². The molecule has 8 heteroatoms. The number of aromatic nitrogens is 1. The van der Waals surface area contributed by atoms with Crippen molar-refractivity contribution in [1.29, 1.82) is 0 Å². The first kappa shape index (κ1) is 18.1. The molecule has 0 radical (unpaired) electrons. The summed E-state index contributed by atoms with van der Waals surface area (Å²) in [5.74, 6) is -1.24. The molecule has 7 nitrogen and oxygen atoms in total. The van der Waals surface area contributed by atoms with Gasteiger partial charge in [0.15, 0.2) is 5.69 Å². The molecule has 0 unspecified atom stereocenters. The van der Waals surface area contributed by atoms with Crippen molar-refractivity contribution >= 4 is 28.9 Å². The van der Waals surface area contributed by atoms with Crippen LogP contribution in [-0.4, -0.2) is 58.2 Å². The quantitative estimate of drug-likeness (QED) is 0.671. The molecule has 0 atom stereocenters. The summed E-state index contributed by atoms with van der Waals surface area (Å²) in [6, 6.07) is 7.10. The molecular weight excluding hydrogens is 330 g/mol. The van der Waals surface area contributed by atoms with Crippen LogP contribution in [0.4, 0.5) is 5.69 Å². The van der Waals surface area contributed by atoms with Gasteiger partial charge in [0.05, 0.1) is 13.2 Å². The minimum absolute atomic E-state index is 0.00651. The number of aliphatic hydroxyl groups excluding tert-OH is 1. The van der Waals surface area contributed by atoms with E-state index in [1.54, 1.807) is 18.2 Å². The van der Waals surface area contributed by atoms with Crippen molar-refractivity contribution in [3.63, 3.8) is 0 Å². The molecule has 0 saturated heterocycles. The van der Waals surface area contributed by atoms with Crippen LogP contribution in [0.1, 0.15) is 17.4 Å². The predicted molar refractivity (Wildman–Crippen MR) is 92.3 cm³/mol. The van der Waals surface area contributed by atoms with Gasteiger partial charge in [-0.05, 0) is 18.7 Å². The average Bonchev–Trinajstić information content (AvgIpc) is 3.05. The number of amides is 1. The monoisotopic (exact) mass is 349 g/mol. The average molecular weight is 349 g/mol. The Kier molecular flexibility index (Phi) is 6.42. The van der Waals surface area contributed by atoms with Crippen LogP contribution in [0, 0.1) is 0 Å². The molecule has 1 heterocycles. The lowest BCUT2D eigenvalue weighted by molar-refractivity contribution is -0.117. The second-order valence-corrected chi connectivity index (χ2v) is 5.92. The van der Waals surface area contributed by atoms with E-state index >= 15 is 0 Å². The number of anilines is 1. The lowest BCUT2D eigenvalue weighted by Crippen LogP contribution is -2.35. The Morgan fingerprint density at radius 3 is 2.79 bits per heavy atom. The Morgan fingerprint density at radius 2 is 2.17 bits per heavy atom. The molecule has 0 fully saturated rings. The van der Waals surface area contributed by atoms with Gasteiger partial charge in [-0.2, -0.15) is 0 Å². The summed E-state index contributed by atoms with van der Waals surface area (Å²) in [4.78, 5) is 28.9. The lowest BCUT2D eigenvalue weighted by atomic mass is 10.2. The maximum Gasteiger partial charge on any atom is 0.355 e. The number of benzene rings is 1. The summed E-state index contributed by atoms with van der Waals surface area (Å²) in [6.07, 6.45) is 0. The van der Waals surface area contributed by atoms with E-state index in [1.807, 2.05) is 17.9 Å². The largest absolute Gasteiger partial charge is 0.476 e. The number of carboxylic acids is 1. The summed E-state index contributed by atoms with van der Waals surface area (Å²) in [5, 5.41) is 22.8. The minimum Gasteiger partial charge on any atom is -0.476 e. The molecule has 0 aliphatic heterocycles. The second-order valence-electron chi connectivity index (χ2n) is 5.06. The SMILES string of the molecule is CCN(CCO)CC(=O)Nc1cccc(-c2nc(C(=O)O)cs2)c1. The number of rotatable bonds is 8. The number of aliphatic hydroxyl groups is 1. The number of thiazole rings is 1. The van der Waals surface area contributed by atoms with Crippen LogP contribution in [0.2, 0.25) is 0 Å². The summed E-state index contributed by atoms with van der Waals surface area (Å²) in [5.41, 5.74) is 1.37. The Bertz CT molecular complexity index is 717. The molecular formula is C16H19N3O4S. The number of carbonyl (C=O) groups is 2. The molecule has 0 spiro atoms. The first-order chi connectivity index (χ1) is 11.5. The lowest BCUT2D eigenvalue weighted by Gasteiger charge is -2.18.